The lowest BCUT2D eigenvalue weighted by Crippen LogP contribution is -2.25. The van der Waals surface area contributed by atoms with Crippen LogP contribution in [0.3, 0.4) is 0 Å². The third-order valence-corrected chi connectivity index (χ3v) is 4.37. The lowest BCUT2D eigenvalue weighted by molar-refractivity contribution is 0.0940. The van der Waals surface area contributed by atoms with Crippen LogP contribution in [-0.4, -0.2) is 25.8 Å². The molecule has 0 aliphatic rings. The number of aryl methyl sites for hydroxylation is 2. The highest BCUT2D eigenvalue weighted by atomic mass is 32.1. The molecule has 8 heteroatoms. The average molecular weight is 345 g/mol. The highest BCUT2D eigenvalue weighted by Gasteiger charge is 2.14. The zero-order valence-corrected chi connectivity index (χ0v) is 14.5. The maximum atomic E-state index is 12.3. The highest BCUT2D eigenvalue weighted by molar-refractivity contribution is 7.09. The number of nitrogens with one attached hydrogen (secondary N) is 1. The van der Waals surface area contributed by atoms with Crippen LogP contribution in [0.25, 0.3) is 0 Å². The van der Waals surface area contributed by atoms with Crippen molar-refractivity contribution in [3.05, 3.63) is 51.6 Å². The Morgan fingerprint density at radius 2 is 2.33 bits per heavy atom. The molecule has 3 heterocycles. The summed E-state index contributed by atoms with van der Waals surface area (Å²) in [5.74, 6) is 0.815. The third kappa shape index (κ3) is 3.88. The Balaban J connectivity index is 1.57. The Morgan fingerprint density at radius 1 is 1.46 bits per heavy atom. The van der Waals surface area contributed by atoms with E-state index in [4.69, 9.17) is 4.52 Å². The van der Waals surface area contributed by atoms with Gasteiger partial charge in [-0.25, -0.2) is 0 Å². The summed E-state index contributed by atoms with van der Waals surface area (Å²) in [5, 5.41) is 13.0. The van der Waals surface area contributed by atoms with Crippen molar-refractivity contribution in [1.29, 1.82) is 0 Å². The van der Waals surface area contributed by atoms with Gasteiger partial charge < -0.3 is 9.84 Å². The Kier molecular flexibility index (Phi) is 5.05. The van der Waals surface area contributed by atoms with E-state index in [0.717, 1.165) is 23.4 Å². The fourth-order valence-corrected chi connectivity index (χ4v) is 3.06. The van der Waals surface area contributed by atoms with Gasteiger partial charge in [0.2, 0.25) is 5.89 Å². The normalized spacial score (nSPS) is 10.9. The molecule has 3 rings (SSSR count). The molecule has 0 radical (unpaired) electrons. The molecular weight excluding hydrogens is 326 g/mol. The molecule has 0 atom stereocenters. The van der Waals surface area contributed by atoms with E-state index < -0.39 is 0 Å². The second-order valence-corrected chi connectivity index (χ2v) is 6.47. The van der Waals surface area contributed by atoms with E-state index in [-0.39, 0.29) is 12.5 Å². The van der Waals surface area contributed by atoms with Crippen LogP contribution in [0.4, 0.5) is 0 Å². The molecule has 1 N–H and O–H groups in total. The minimum atomic E-state index is -0.197. The highest BCUT2D eigenvalue weighted by Crippen LogP contribution is 2.13. The van der Waals surface area contributed by atoms with Gasteiger partial charge in [-0.05, 0) is 23.9 Å². The van der Waals surface area contributed by atoms with E-state index in [1.807, 2.05) is 23.6 Å². The molecule has 24 heavy (non-hydrogen) atoms. The number of nitrogens with zero attached hydrogens (tertiary/aromatic N) is 4. The predicted molar refractivity (Wildman–Crippen MR) is 89.8 cm³/mol. The van der Waals surface area contributed by atoms with E-state index in [1.165, 1.54) is 0 Å². The zero-order chi connectivity index (χ0) is 16.9. The summed E-state index contributed by atoms with van der Waals surface area (Å²) in [6.07, 6.45) is 2.46. The molecule has 0 saturated carbocycles. The van der Waals surface area contributed by atoms with E-state index >= 15 is 0 Å². The van der Waals surface area contributed by atoms with Crippen LogP contribution in [-0.2, 0) is 26.4 Å². The first-order valence-electron chi connectivity index (χ1n) is 7.80. The van der Waals surface area contributed by atoms with E-state index in [2.05, 4.69) is 27.5 Å². The molecule has 0 fully saturated rings. The molecule has 1 amide bonds. The van der Waals surface area contributed by atoms with Crippen LogP contribution in [0.2, 0.25) is 0 Å². The molecule has 7 nitrogen and oxygen atoms in total. The molecule has 3 aromatic rings. The Hall–Kier alpha value is -2.48. The van der Waals surface area contributed by atoms with Gasteiger partial charge in [-0.3, -0.25) is 9.48 Å². The summed E-state index contributed by atoms with van der Waals surface area (Å²) in [5.41, 5.74) is 1.45. The summed E-state index contributed by atoms with van der Waals surface area (Å²) >= 11 is 1.64. The van der Waals surface area contributed by atoms with Crippen molar-refractivity contribution in [2.24, 2.45) is 7.05 Å². The molecular formula is C16H19N5O2S. The van der Waals surface area contributed by atoms with Crippen LogP contribution in [0.15, 0.2) is 28.1 Å². The molecule has 126 valence electrons. The fourth-order valence-electron chi connectivity index (χ4n) is 2.36. The second-order valence-electron chi connectivity index (χ2n) is 5.44. The van der Waals surface area contributed by atoms with Gasteiger partial charge in [-0.15, -0.1) is 11.3 Å². The molecule has 3 aromatic heterocycles. The Bertz CT molecular complexity index is 806. The third-order valence-electron chi connectivity index (χ3n) is 3.49. The SMILES string of the molecule is CCCc1cc(C(=O)NCc2noc(Cc3cccs3)n2)n(C)n1. The van der Waals surface area contributed by atoms with Gasteiger partial charge in [0.15, 0.2) is 5.82 Å². The van der Waals surface area contributed by atoms with Crippen LogP contribution < -0.4 is 5.32 Å². The van der Waals surface area contributed by atoms with Gasteiger partial charge in [0.25, 0.3) is 5.91 Å². The summed E-state index contributed by atoms with van der Waals surface area (Å²) < 4.78 is 6.81. The number of carbonyl (C=O) groups is 1. The summed E-state index contributed by atoms with van der Waals surface area (Å²) in [6, 6.07) is 5.82. The van der Waals surface area contributed by atoms with Crippen molar-refractivity contribution < 1.29 is 9.32 Å². The molecule has 0 aliphatic heterocycles. The number of thiophene rings is 1. The van der Waals surface area contributed by atoms with E-state index in [9.17, 15) is 4.79 Å². The first-order chi connectivity index (χ1) is 11.7. The van der Waals surface area contributed by atoms with Crippen molar-refractivity contribution >= 4 is 17.2 Å². The molecule has 0 bridgehead atoms. The first kappa shape index (κ1) is 16.4. The number of carbonyl (C=O) groups excluding carboxylic acids is 1. The van der Waals surface area contributed by atoms with E-state index in [0.29, 0.717) is 23.8 Å². The van der Waals surface area contributed by atoms with Crippen molar-refractivity contribution in [3.8, 4) is 0 Å². The van der Waals surface area contributed by atoms with Crippen molar-refractivity contribution in [3.63, 3.8) is 0 Å². The lowest BCUT2D eigenvalue weighted by Gasteiger charge is -2.01. The number of hydrogen-bond donors (Lipinski definition) is 1. The molecule has 0 aromatic carbocycles. The van der Waals surface area contributed by atoms with Gasteiger partial charge in [0.1, 0.15) is 5.69 Å². The topological polar surface area (TPSA) is 85.8 Å². The Labute approximate surface area is 143 Å². The number of hydrogen-bond acceptors (Lipinski definition) is 6. The summed E-state index contributed by atoms with van der Waals surface area (Å²) in [4.78, 5) is 17.7. The second kappa shape index (κ2) is 7.39. The van der Waals surface area contributed by atoms with Crippen LogP contribution >= 0.6 is 11.3 Å². The minimum Gasteiger partial charge on any atom is -0.343 e. The summed E-state index contributed by atoms with van der Waals surface area (Å²) in [7, 11) is 1.77. The van der Waals surface area contributed by atoms with Gasteiger partial charge in [0, 0.05) is 11.9 Å². The van der Waals surface area contributed by atoms with Crippen molar-refractivity contribution in [2.45, 2.75) is 32.7 Å². The van der Waals surface area contributed by atoms with Crippen LogP contribution in [0, 0.1) is 0 Å². The molecule has 0 aliphatic carbocycles. The number of amides is 1. The van der Waals surface area contributed by atoms with Gasteiger partial charge >= 0.3 is 0 Å². The maximum Gasteiger partial charge on any atom is 0.269 e. The van der Waals surface area contributed by atoms with Crippen molar-refractivity contribution in [1.82, 2.24) is 25.2 Å². The van der Waals surface area contributed by atoms with Crippen LogP contribution in [0.5, 0.6) is 0 Å². The van der Waals surface area contributed by atoms with E-state index in [1.54, 1.807) is 23.1 Å². The lowest BCUT2D eigenvalue weighted by atomic mass is 10.2. The number of rotatable bonds is 7. The van der Waals surface area contributed by atoms with Crippen molar-refractivity contribution in [2.75, 3.05) is 0 Å². The zero-order valence-electron chi connectivity index (χ0n) is 13.7. The smallest absolute Gasteiger partial charge is 0.269 e. The first-order valence-corrected chi connectivity index (χ1v) is 8.68. The largest absolute Gasteiger partial charge is 0.343 e. The minimum absolute atomic E-state index is 0.197. The predicted octanol–water partition coefficient (Wildman–Crippen LogP) is 2.34. The van der Waals surface area contributed by atoms with Gasteiger partial charge in [-0.2, -0.15) is 10.1 Å². The quantitative estimate of drug-likeness (QED) is 0.710. The Morgan fingerprint density at radius 3 is 3.08 bits per heavy atom. The monoisotopic (exact) mass is 345 g/mol. The van der Waals surface area contributed by atoms with Crippen LogP contribution in [0.1, 0.15) is 46.1 Å². The molecule has 0 saturated heterocycles. The summed E-state index contributed by atoms with van der Waals surface area (Å²) in [6.45, 7) is 2.31. The fraction of sp³-hybridized carbons (Fsp3) is 0.375. The molecule has 0 unspecified atom stereocenters. The van der Waals surface area contributed by atoms with Gasteiger partial charge in [0.05, 0.1) is 18.7 Å². The standard InChI is InChI=1S/C16H19N5O2S/c1-3-5-11-8-13(21(2)19-11)16(22)17-10-14-18-15(23-20-14)9-12-6-4-7-24-12/h4,6-8H,3,5,9-10H2,1-2H3,(H,17,22). The number of aromatic nitrogens is 4. The molecule has 0 spiro atoms. The van der Waals surface area contributed by atoms with Gasteiger partial charge in [-0.1, -0.05) is 24.6 Å². The average Bonchev–Trinajstić information content (AvgIpc) is 3.28. The maximum absolute atomic E-state index is 12.3.